The third-order valence-electron chi connectivity index (χ3n) is 6.54. The molecule has 3 aliphatic heterocycles. The first-order chi connectivity index (χ1) is 16.6. The molecule has 3 amide bonds. The SMILES string of the molecule is O=C(N[C@H](C(=O)N1CCOCC1)C1CCN(C(=O)c2ccco2)CC1)c1ccc2c(c1)OCO2. The van der Waals surface area contributed by atoms with Crippen LogP contribution in [0.3, 0.4) is 0 Å². The van der Waals surface area contributed by atoms with E-state index in [0.717, 1.165) is 0 Å². The van der Waals surface area contributed by atoms with Crippen LogP contribution in [0.15, 0.2) is 41.0 Å². The summed E-state index contributed by atoms with van der Waals surface area (Å²) in [4.78, 5) is 42.7. The van der Waals surface area contributed by atoms with Gasteiger partial charge >= 0.3 is 0 Å². The molecule has 1 N–H and O–H groups in total. The quantitative estimate of drug-likeness (QED) is 0.707. The lowest BCUT2D eigenvalue weighted by atomic mass is 9.88. The predicted molar refractivity (Wildman–Crippen MR) is 119 cm³/mol. The molecule has 0 aliphatic carbocycles. The van der Waals surface area contributed by atoms with Gasteiger partial charge in [-0.2, -0.15) is 0 Å². The Labute approximate surface area is 196 Å². The summed E-state index contributed by atoms with van der Waals surface area (Å²) in [7, 11) is 0. The molecule has 2 saturated heterocycles. The molecule has 1 atom stereocenters. The zero-order valence-electron chi connectivity index (χ0n) is 18.7. The molecule has 5 rings (SSSR count). The Morgan fingerprint density at radius 3 is 2.44 bits per heavy atom. The van der Waals surface area contributed by atoms with Crippen molar-refractivity contribution in [2.75, 3.05) is 46.2 Å². The third kappa shape index (κ3) is 4.58. The Kier molecular flexibility index (Phi) is 6.39. The maximum atomic E-state index is 13.5. The molecule has 0 bridgehead atoms. The van der Waals surface area contributed by atoms with Gasteiger partial charge in [-0.05, 0) is 49.1 Å². The number of hydrogen-bond acceptors (Lipinski definition) is 7. The number of benzene rings is 1. The number of carbonyl (C=O) groups excluding carboxylic acids is 3. The molecule has 2 aromatic rings. The first kappa shape index (κ1) is 22.3. The number of piperidine rings is 1. The van der Waals surface area contributed by atoms with Crippen molar-refractivity contribution in [2.24, 2.45) is 5.92 Å². The van der Waals surface area contributed by atoms with E-state index in [1.165, 1.54) is 6.26 Å². The van der Waals surface area contributed by atoms with Crippen LogP contribution in [0.5, 0.6) is 11.5 Å². The number of nitrogens with zero attached hydrogens (tertiary/aromatic N) is 2. The van der Waals surface area contributed by atoms with Crippen LogP contribution in [0.4, 0.5) is 0 Å². The number of hydrogen-bond donors (Lipinski definition) is 1. The van der Waals surface area contributed by atoms with E-state index in [2.05, 4.69) is 5.32 Å². The molecule has 2 fully saturated rings. The second kappa shape index (κ2) is 9.76. The lowest BCUT2D eigenvalue weighted by molar-refractivity contribution is -0.139. The van der Waals surface area contributed by atoms with Crippen molar-refractivity contribution in [3.05, 3.63) is 47.9 Å². The third-order valence-corrected chi connectivity index (χ3v) is 6.54. The molecular formula is C24H27N3O7. The number of fused-ring (bicyclic) bond motifs is 1. The minimum absolute atomic E-state index is 0.103. The maximum Gasteiger partial charge on any atom is 0.289 e. The number of rotatable bonds is 5. The highest BCUT2D eigenvalue weighted by Gasteiger charge is 2.37. The van der Waals surface area contributed by atoms with Crippen LogP contribution in [0.2, 0.25) is 0 Å². The molecule has 1 aromatic carbocycles. The van der Waals surface area contributed by atoms with E-state index in [1.807, 2.05) is 0 Å². The van der Waals surface area contributed by atoms with Gasteiger partial charge in [-0.25, -0.2) is 0 Å². The van der Waals surface area contributed by atoms with Gasteiger partial charge in [0.05, 0.1) is 19.5 Å². The summed E-state index contributed by atoms with van der Waals surface area (Å²) in [5, 5.41) is 2.97. The molecular weight excluding hydrogens is 442 g/mol. The Balaban J connectivity index is 1.30. The second-order valence-electron chi connectivity index (χ2n) is 8.56. The van der Waals surface area contributed by atoms with E-state index in [9.17, 15) is 14.4 Å². The van der Waals surface area contributed by atoms with Gasteiger partial charge in [-0.3, -0.25) is 14.4 Å². The van der Waals surface area contributed by atoms with E-state index >= 15 is 0 Å². The van der Waals surface area contributed by atoms with Crippen LogP contribution in [0.1, 0.15) is 33.8 Å². The minimum Gasteiger partial charge on any atom is -0.459 e. The maximum absolute atomic E-state index is 13.5. The summed E-state index contributed by atoms with van der Waals surface area (Å²) in [6, 6.07) is 7.60. The number of carbonyl (C=O) groups is 3. The zero-order valence-corrected chi connectivity index (χ0v) is 18.7. The van der Waals surface area contributed by atoms with Crippen molar-refractivity contribution in [3.63, 3.8) is 0 Å². The van der Waals surface area contributed by atoms with Gasteiger partial charge < -0.3 is 33.7 Å². The van der Waals surface area contributed by atoms with E-state index in [1.54, 1.807) is 40.1 Å². The summed E-state index contributed by atoms with van der Waals surface area (Å²) >= 11 is 0. The van der Waals surface area contributed by atoms with E-state index < -0.39 is 6.04 Å². The molecule has 3 aliphatic rings. The lowest BCUT2D eigenvalue weighted by Crippen LogP contribution is -2.56. The van der Waals surface area contributed by atoms with Gasteiger partial charge in [-0.15, -0.1) is 0 Å². The standard InChI is InChI=1S/C24H27N3O7/c28-22(17-3-4-18-20(14-17)34-15-33-18)25-21(24(30)27-9-12-31-13-10-27)16-5-7-26(8-6-16)23(29)19-2-1-11-32-19/h1-4,11,14,16,21H,5-10,12-13,15H2,(H,25,28)/t21-/m0/s1. The molecule has 34 heavy (non-hydrogen) atoms. The lowest BCUT2D eigenvalue weighted by Gasteiger charge is -2.38. The molecule has 0 radical (unpaired) electrons. The van der Waals surface area contributed by atoms with E-state index in [-0.39, 0.29) is 30.4 Å². The number of furan rings is 1. The summed E-state index contributed by atoms with van der Waals surface area (Å²) in [5.74, 6) is 0.667. The molecule has 0 unspecified atom stereocenters. The average molecular weight is 469 g/mol. The minimum atomic E-state index is -0.697. The fraction of sp³-hybridized carbons (Fsp3) is 0.458. The van der Waals surface area contributed by atoms with Crippen LogP contribution in [0, 0.1) is 5.92 Å². The van der Waals surface area contributed by atoms with Crippen molar-refractivity contribution in [1.29, 1.82) is 0 Å². The fourth-order valence-corrected chi connectivity index (χ4v) is 4.62. The van der Waals surface area contributed by atoms with Gasteiger partial charge in [0, 0.05) is 31.7 Å². The second-order valence-corrected chi connectivity index (χ2v) is 8.56. The van der Waals surface area contributed by atoms with Gasteiger partial charge in [0.2, 0.25) is 12.7 Å². The number of ether oxygens (including phenoxy) is 3. The smallest absolute Gasteiger partial charge is 0.289 e. The summed E-state index contributed by atoms with van der Waals surface area (Å²) < 4.78 is 21.3. The highest BCUT2D eigenvalue weighted by atomic mass is 16.7. The Morgan fingerprint density at radius 2 is 1.71 bits per heavy atom. The largest absolute Gasteiger partial charge is 0.459 e. The monoisotopic (exact) mass is 469 g/mol. The first-order valence-corrected chi connectivity index (χ1v) is 11.5. The van der Waals surface area contributed by atoms with Gasteiger partial charge in [0.1, 0.15) is 6.04 Å². The van der Waals surface area contributed by atoms with Crippen LogP contribution in [-0.2, 0) is 9.53 Å². The summed E-state index contributed by atoms with van der Waals surface area (Å²) in [5.41, 5.74) is 0.398. The van der Waals surface area contributed by atoms with E-state index in [4.69, 9.17) is 18.6 Å². The highest BCUT2D eigenvalue weighted by Crippen LogP contribution is 2.32. The summed E-state index contributed by atoms with van der Waals surface area (Å²) in [6.45, 7) is 3.02. The van der Waals surface area contributed by atoms with Crippen LogP contribution < -0.4 is 14.8 Å². The van der Waals surface area contributed by atoms with Crippen molar-refractivity contribution in [2.45, 2.75) is 18.9 Å². The van der Waals surface area contributed by atoms with Crippen molar-refractivity contribution >= 4 is 17.7 Å². The predicted octanol–water partition coefficient (Wildman–Crippen LogP) is 1.52. The first-order valence-electron chi connectivity index (χ1n) is 11.5. The molecule has 0 spiro atoms. The van der Waals surface area contributed by atoms with Crippen molar-refractivity contribution in [1.82, 2.24) is 15.1 Å². The van der Waals surface area contributed by atoms with Crippen LogP contribution in [0.25, 0.3) is 0 Å². The molecule has 4 heterocycles. The number of morpholine rings is 1. The van der Waals surface area contributed by atoms with Gasteiger partial charge in [-0.1, -0.05) is 0 Å². The topological polar surface area (TPSA) is 111 Å². The van der Waals surface area contributed by atoms with Crippen LogP contribution in [-0.4, -0.2) is 79.7 Å². The number of amides is 3. The number of nitrogens with one attached hydrogen (secondary N) is 1. The Bertz CT molecular complexity index is 1040. The normalized spacial score (nSPS) is 19.1. The van der Waals surface area contributed by atoms with E-state index in [0.29, 0.717) is 75.1 Å². The highest BCUT2D eigenvalue weighted by molar-refractivity contribution is 5.98. The van der Waals surface area contributed by atoms with Crippen molar-refractivity contribution in [3.8, 4) is 11.5 Å². The molecule has 10 nitrogen and oxygen atoms in total. The number of likely N-dealkylation sites (tertiary alicyclic amines) is 1. The van der Waals surface area contributed by atoms with Gasteiger partial charge in [0.15, 0.2) is 17.3 Å². The Hall–Kier alpha value is -3.53. The Morgan fingerprint density at radius 1 is 0.941 bits per heavy atom. The molecule has 0 saturated carbocycles. The zero-order chi connectivity index (χ0) is 23.5. The fourth-order valence-electron chi connectivity index (χ4n) is 4.62. The van der Waals surface area contributed by atoms with Crippen LogP contribution >= 0.6 is 0 Å². The average Bonchev–Trinajstić information content (AvgIpc) is 3.59. The molecule has 1 aromatic heterocycles. The van der Waals surface area contributed by atoms with Crippen molar-refractivity contribution < 1.29 is 33.0 Å². The molecule has 180 valence electrons. The summed E-state index contributed by atoms with van der Waals surface area (Å²) in [6.07, 6.45) is 2.66. The molecule has 10 heteroatoms. The van der Waals surface area contributed by atoms with Gasteiger partial charge in [0.25, 0.3) is 11.8 Å².